The van der Waals surface area contributed by atoms with Gasteiger partial charge >= 0.3 is 0 Å². The first-order valence-corrected chi connectivity index (χ1v) is 4.80. The zero-order valence-corrected chi connectivity index (χ0v) is 8.67. The Hall–Kier alpha value is -1.18. The van der Waals surface area contributed by atoms with Gasteiger partial charge in [-0.1, -0.05) is 12.1 Å². The third-order valence-corrected chi connectivity index (χ3v) is 2.41. The van der Waals surface area contributed by atoms with E-state index in [2.05, 4.69) is 30.9 Å². The first-order valence-electron chi connectivity index (χ1n) is 4.80. The van der Waals surface area contributed by atoms with Crippen molar-refractivity contribution in [2.24, 2.45) is 0 Å². The zero-order chi connectivity index (χ0) is 9.84. The fourth-order valence-corrected chi connectivity index (χ4v) is 1.51. The minimum atomic E-state index is 0.909. The Balaban J connectivity index is 3.05. The lowest BCUT2D eigenvalue weighted by molar-refractivity contribution is 0.867. The molecule has 13 heavy (non-hydrogen) atoms. The third-order valence-electron chi connectivity index (χ3n) is 2.41. The van der Waals surface area contributed by atoms with Crippen LogP contribution in [0.2, 0.25) is 0 Å². The van der Waals surface area contributed by atoms with E-state index in [1.807, 2.05) is 13.0 Å². The summed E-state index contributed by atoms with van der Waals surface area (Å²) in [6.07, 6.45) is 0. The maximum Gasteiger partial charge on any atom is 0.0602 e. The molecule has 2 heteroatoms. The molecule has 0 aliphatic rings. The van der Waals surface area contributed by atoms with E-state index >= 15 is 0 Å². The summed E-state index contributed by atoms with van der Waals surface area (Å²) in [5, 5.41) is 0. The smallest absolute Gasteiger partial charge is 0.0602 e. The summed E-state index contributed by atoms with van der Waals surface area (Å²) in [7, 11) is 0. The second kappa shape index (κ2) is 4.17. The molecule has 0 bridgehead atoms. The predicted octanol–water partition coefficient (Wildman–Crippen LogP) is 2.42. The van der Waals surface area contributed by atoms with Crippen molar-refractivity contribution >= 4 is 11.4 Å². The van der Waals surface area contributed by atoms with E-state index in [0.717, 1.165) is 30.0 Å². The molecule has 0 unspecified atom stereocenters. The van der Waals surface area contributed by atoms with Gasteiger partial charge in [-0.05, 0) is 32.4 Å². The van der Waals surface area contributed by atoms with Gasteiger partial charge in [-0.2, -0.15) is 0 Å². The molecular weight excluding hydrogens is 160 g/mol. The van der Waals surface area contributed by atoms with E-state index in [9.17, 15) is 0 Å². The van der Waals surface area contributed by atoms with E-state index in [0.29, 0.717) is 0 Å². The first-order chi connectivity index (χ1) is 6.20. The van der Waals surface area contributed by atoms with Gasteiger partial charge in [0.2, 0.25) is 0 Å². The molecule has 0 saturated heterocycles. The highest BCUT2D eigenvalue weighted by Gasteiger charge is 2.06. The van der Waals surface area contributed by atoms with Crippen LogP contribution in [0.15, 0.2) is 18.2 Å². The highest BCUT2D eigenvalue weighted by Crippen LogP contribution is 2.25. The summed E-state index contributed by atoms with van der Waals surface area (Å²) in [6.45, 7) is 8.34. The number of benzene rings is 1. The number of nitrogens with two attached hydrogens (primary N) is 1. The summed E-state index contributed by atoms with van der Waals surface area (Å²) in [6, 6.07) is 6.18. The monoisotopic (exact) mass is 178 g/mol. The van der Waals surface area contributed by atoms with Crippen molar-refractivity contribution in [2.75, 3.05) is 23.7 Å². The Kier molecular flexibility index (Phi) is 3.18. The van der Waals surface area contributed by atoms with E-state index < -0.39 is 0 Å². The molecular formula is C11H18N2. The lowest BCUT2D eigenvalue weighted by Crippen LogP contribution is -2.23. The average molecular weight is 178 g/mol. The van der Waals surface area contributed by atoms with Gasteiger partial charge < -0.3 is 10.6 Å². The molecule has 0 aliphatic heterocycles. The molecule has 2 N–H and O–H groups in total. The van der Waals surface area contributed by atoms with Crippen LogP contribution in [0, 0.1) is 6.92 Å². The molecule has 0 fully saturated rings. The number of nitrogens with zero attached hydrogens (tertiary/aromatic N) is 1. The normalized spacial score (nSPS) is 10.1. The van der Waals surface area contributed by atoms with Crippen LogP contribution in [0.1, 0.15) is 19.4 Å². The highest BCUT2D eigenvalue weighted by atomic mass is 15.1. The number of nitrogen functional groups attached to an aromatic ring is 1. The van der Waals surface area contributed by atoms with Gasteiger partial charge in [0.05, 0.1) is 11.4 Å². The SMILES string of the molecule is CCN(CC)c1cccc(C)c1N. The van der Waals surface area contributed by atoms with Crippen LogP contribution < -0.4 is 10.6 Å². The molecule has 0 heterocycles. The van der Waals surface area contributed by atoms with Crippen molar-refractivity contribution in [1.82, 2.24) is 0 Å². The summed E-state index contributed by atoms with van der Waals surface area (Å²) in [5.41, 5.74) is 9.22. The third kappa shape index (κ3) is 1.94. The fourth-order valence-electron chi connectivity index (χ4n) is 1.51. The van der Waals surface area contributed by atoms with Crippen molar-refractivity contribution in [2.45, 2.75) is 20.8 Å². The van der Waals surface area contributed by atoms with Gasteiger partial charge in [0.25, 0.3) is 0 Å². The fraction of sp³-hybridized carbons (Fsp3) is 0.455. The quantitative estimate of drug-likeness (QED) is 0.720. The molecule has 2 nitrogen and oxygen atoms in total. The van der Waals surface area contributed by atoms with Crippen LogP contribution in [0.4, 0.5) is 11.4 Å². The highest BCUT2D eigenvalue weighted by molar-refractivity contribution is 5.70. The van der Waals surface area contributed by atoms with Crippen LogP contribution in [-0.4, -0.2) is 13.1 Å². The van der Waals surface area contributed by atoms with Gasteiger partial charge in [-0.25, -0.2) is 0 Å². The number of hydrogen-bond acceptors (Lipinski definition) is 2. The summed E-state index contributed by atoms with van der Waals surface area (Å²) < 4.78 is 0. The van der Waals surface area contributed by atoms with Crippen molar-refractivity contribution in [1.29, 1.82) is 0 Å². The second-order valence-corrected chi connectivity index (χ2v) is 3.18. The number of para-hydroxylation sites is 1. The molecule has 1 aromatic carbocycles. The first kappa shape index (κ1) is 9.90. The van der Waals surface area contributed by atoms with Crippen LogP contribution in [0.5, 0.6) is 0 Å². The Morgan fingerprint density at radius 3 is 2.38 bits per heavy atom. The molecule has 1 aromatic rings. The molecule has 0 saturated carbocycles. The molecule has 0 amide bonds. The second-order valence-electron chi connectivity index (χ2n) is 3.18. The summed E-state index contributed by atoms with van der Waals surface area (Å²) >= 11 is 0. The Morgan fingerprint density at radius 1 is 1.23 bits per heavy atom. The summed E-state index contributed by atoms with van der Waals surface area (Å²) in [5.74, 6) is 0. The van der Waals surface area contributed by atoms with Crippen molar-refractivity contribution in [3.8, 4) is 0 Å². The van der Waals surface area contributed by atoms with E-state index in [1.54, 1.807) is 0 Å². The molecule has 0 aliphatic carbocycles. The molecule has 72 valence electrons. The minimum absolute atomic E-state index is 0.909. The van der Waals surface area contributed by atoms with Gasteiger partial charge in [0, 0.05) is 13.1 Å². The molecule has 0 radical (unpaired) electrons. The van der Waals surface area contributed by atoms with Crippen molar-refractivity contribution in [3.05, 3.63) is 23.8 Å². The van der Waals surface area contributed by atoms with Crippen molar-refractivity contribution < 1.29 is 0 Å². The van der Waals surface area contributed by atoms with Crippen LogP contribution in [-0.2, 0) is 0 Å². The van der Waals surface area contributed by atoms with E-state index in [-0.39, 0.29) is 0 Å². The van der Waals surface area contributed by atoms with Gasteiger partial charge in [-0.3, -0.25) is 0 Å². The number of hydrogen-bond donors (Lipinski definition) is 1. The molecule has 0 aromatic heterocycles. The zero-order valence-electron chi connectivity index (χ0n) is 8.67. The Bertz CT molecular complexity index is 277. The Morgan fingerprint density at radius 2 is 1.85 bits per heavy atom. The lowest BCUT2D eigenvalue weighted by Gasteiger charge is -2.23. The van der Waals surface area contributed by atoms with Crippen molar-refractivity contribution in [3.63, 3.8) is 0 Å². The van der Waals surface area contributed by atoms with Gasteiger partial charge in [-0.15, -0.1) is 0 Å². The molecule has 0 atom stereocenters. The largest absolute Gasteiger partial charge is 0.397 e. The molecule has 0 spiro atoms. The lowest BCUT2D eigenvalue weighted by atomic mass is 10.1. The average Bonchev–Trinajstić information content (AvgIpc) is 2.14. The topological polar surface area (TPSA) is 29.3 Å². The van der Waals surface area contributed by atoms with Gasteiger partial charge in [0.1, 0.15) is 0 Å². The predicted molar refractivity (Wildman–Crippen MR) is 59.2 cm³/mol. The summed E-state index contributed by atoms with van der Waals surface area (Å²) in [4.78, 5) is 2.27. The molecule has 1 rings (SSSR count). The van der Waals surface area contributed by atoms with Crippen LogP contribution in [0.3, 0.4) is 0 Å². The number of anilines is 2. The number of aryl methyl sites for hydroxylation is 1. The van der Waals surface area contributed by atoms with Gasteiger partial charge in [0.15, 0.2) is 0 Å². The van der Waals surface area contributed by atoms with Crippen LogP contribution in [0.25, 0.3) is 0 Å². The minimum Gasteiger partial charge on any atom is -0.397 e. The number of rotatable bonds is 3. The maximum absolute atomic E-state index is 5.99. The Labute approximate surface area is 80.4 Å². The van der Waals surface area contributed by atoms with E-state index in [4.69, 9.17) is 5.73 Å². The van der Waals surface area contributed by atoms with Crippen LogP contribution >= 0.6 is 0 Å². The van der Waals surface area contributed by atoms with E-state index in [1.165, 1.54) is 0 Å². The maximum atomic E-state index is 5.99. The standard InChI is InChI=1S/C11H18N2/c1-4-13(5-2)10-8-6-7-9(3)11(10)12/h6-8H,4-5,12H2,1-3H3.